The van der Waals surface area contributed by atoms with Gasteiger partial charge in [-0.05, 0) is 37.9 Å². The van der Waals surface area contributed by atoms with Gasteiger partial charge in [0.25, 0.3) is 0 Å². The molecule has 2 aliphatic rings. The molecule has 2 fully saturated rings. The molecule has 126 valence electrons. The Morgan fingerprint density at radius 2 is 2.09 bits per heavy atom. The second kappa shape index (κ2) is 6.83. The molecular weight excluding hydrogens is 302 g/mol. The van der Waals surface area contributed by atoms with Crippen molar-refractivity contribution < 1.29 is 18.3 Å². The van der Waals surface area contributed by atoms with Crippen LogP contribution in [0.3, 0.4) is 0 Å². The van der Waals surface area contributed by atoms with Gasteiger partial charge in [0.2, 0.25) is 5.91 Å². The SMILES string of the molecule is COc1ccc(F)c(F)c1CN1CCCC(N2CCCC2=O)C1. The Morgan fingerprint density at radius 3 is 2.78 bits per heavy atom. The van der Waals surface area contributed by atoms with E-state index in [2.05, 4.69) is 4.90 Å². The number of benzene rings is 1. The monoisotopic (exact) mass is 324 g/mol. The third-order valence-electron chi connectivity index (χ3n) is 4.79. The van der Waals surface area contributed by atoms with Crippen molar-refractivity contribution in [2.75, 3.05) is 26.7 Å². The molecule has 2 heterocycles. The standard InChI is InChI=1S/C17H22F2N2O2/c1-23-15-7-6-14(18)17(19)13(15)11-20-8-2-4-12(10-20)21-9-3-5-16(21)22/h6-7,12H,2-5,8-11H2,1H3. The van der Waals surface area contributed by atoms with E-state index in [1.54, 1.807) is 0 Å². The van der Waals surface area contributed by atoms with Crippen LogP contribution >= 0.6 is 0 Å². The third kappa shape index (κ3) is 3.32. The maximum atomic E-state index is 14.1. The van der Waals surface area contributed by atoms with Gasteiger partial charge < -0.3 is 9.64 Å². The van der Waals surface area contributed by atoms with E-state index < -0.39 is 11.6 Å². The fourth-order valence-electron chi connectivity index (χ4n) is 3.62. The van der Waals surface area contributed by atoms with Crippen LogP contribution in [0.25, 0.3) is 0 Å². The summed E-state index contributed by atoms with van der Waals surface area (Å²) in [5.74, 6) is -1.12. The quantitative estimate of drug-likeness (QED) is 0.853. The van der Waals surface area contributed by atoms with E-state index in [1.807, 2.05) is 4.90 Å². The number of piperidine rings is 1. The fourth-order valence-corrected chi connectivity index (χ4v) is 3.62. The molecule has 2 saturated heterocycles. The van der Waals surface area contributed by atoms with Gasteiger partial charge in [0.1, 0.15) is 5.75 Å². The van der Waals surface area contributed by atoms with Crippen LogP contribution in [-0.2, 0) is 11.3 Å². The Hall–Kier alpha value is -1.69. The lowest BCUT2D eigenvalue weighted by molar-refractivity contribution is -0.130. The van der Waals surface area contributed by atoms with E-state index >= 15 is 0 Å². The van der Waals surface area contributed by atoms with Crippen LogP contribution < -0.4 is 4.74 Å². The zero-order valence-corrected chi connectivity index (χ0v) is 13.4. The topological polar surface area (TPSA) is 32.8 Å². The van der Waals surface area contributed by atoms with Crippen molar-refractivity contribution in [3.63, 3.8) is 0 Å². The molecule has 3 rings (SSSR count). The number of rotatable bonds is 4. The van der Waals surface area contributed by atoms with Crippen molar-refractivity contribution in [3.05, 3.63) is 29.3 Å². The number of ether oxygens (including phenoxy) is 1. The Kier molecular flexibility index (Phi) is 4.80. The summed E-state index contributed by atoms with van der Waals surface area (Å²) < 4.78 is 32.8. The minimum Gasteiger partial charge on any atom is -0.496 e. The molecule has 0 radical (unpaired) electrons. The molecule has 0 N–H and O–H groups in total. The molecule has 0 bridgehead atoms. The number of nitrogens with zero attached hydrogens (tertiary/aromatic N) is 2. The number of methoxy groups -OCH3 is 1. The number of hydrogen-bond donors (Lipinski definition) is 0. The zero-order valence-electron chi connectivity index (χ0n) is 13.4. The number of halogens is 2. The Labute approximate surface area is 135 Å². The minimum absolute atomic E-state index is 0.182. The molecule has 0 aliphatic carbocycles. The number of likely N-dealkylation sites (tertiary alicyclic amines) is 2. The van der Waals surface area contributed by atoms with E-state index in [4.69, 9.17) is 4.74 Å². The lowest BCUT2D eigenvalue weighted by atomic mass is 10.0. The summed E-state index contributed by atoms with van der Waals surface area (Å²) in [6.45, 7) is 2.63. The fraction of sp³-hybridized carbons (Fsp3) is 0.588. The van der Waals surface area contributed by atoms with Gasteiger partial charge in [0, 0.05) is 37.7 Å². The van der Waals surface area contributed by atoms with Gasteiger partial charge in [-0.15, -0.1) is 0 Å². The van der Waals surface area contributed by atoms with Gasteiger partial charge in [-0.25, -0.2) is 8.78 Å². The van der Waals surface area contributed by atoms with Gasteiger partial charge >= 0.3 is 0 Å². The number of amides is 1. The normalized spacial score (nSPS) is 22.7. The van der Waals surface area contributed by atoms with Gasteiger partial charge in [-0.3, -0.25) is 9.69 Å². The molecule has 23 heavy (non-hydrogen) atoms. The summed E-state index contributed by atoms with van der Waals surface area (Å²) in [4.78, 5) is 15.9. The van der Waals surface area contributed by atoms with Crippen LogP contribution in [-0.4, -0.2) is 48.5 Å². The molecule has 0 saturated carbocycles. The van der Waals surface area contributed by atoms with Crippen molar-refractivity contribution in [2.24, 2.45) is 0 Å². The summed E-state index contributed by atoms with van der Waals surface area (Å²) in [5, 5.41) is 0. The number of carbonyl (C=O) groups excluding carboxylic acids is 1. The highest BCUT2D eigenvalue weighted by Gasteiger charge is 2.31. The average Bonchev–Trinajstić information content (AvgIpc) is 2.98. The highest BCUT2D eigenvalue weighted by Crippen LogP contribution is 2.28. The third-order valence-corrected chi connectivity index (χ3v) is 4.79. The highest BCUT2D eigenvalue weighted by atomic mass is 19.2. The average molecular weight is 324 g/mol. The lowest BCUT2D eigenvalue weighted by Crippen LogP contribution is -2.48. The van der Waals surface area contributed by atoms with E-state index in [9.17, 15) is 13.6 Å². The van der Waals surface area contributed by atoms with Crippen LogP contribution in [0.5, 0.6) is 5.75 Å². The van der Waals surface area contributed by atoms with E-state index in [-0.39, 0.29) is 17.5 Å². The van der Waals surface area contributed by atoms with Crippen molar-refractivity contribution in [2.45, 2.75) is 38.3 Å². The Morgan fingerprint density at radius 1 is 1.26 bits per heavy atom. The van der Waals surface area contributed by atoms with Crippen LogP contribution in [0, 0.1) is 11.6 Å². The number of hydrogen-bond acceptors (Lipinski definition) is 3. The van der Waals surface area contributed by atoms with Crippen LogP contribution in [0.15, 0.2) is 12.1 Å². The first-order valence-corrected chi connectivity index (χ1v) is 8.13. The van der Waals surface area contributed by atoms with Crippen LogP contribution in [0.4, 0.5) is 8.78 Å². The number of carbonyl (C=O) groups is 1. The lowest BCUT2D eigenvalue weighted by Gasteiger charge is -2.37. The molecule has 0 aromatic heterocycles. The molecule has 0 spiro atoms. The van der Waals surface area contributed by atoms with Gasteiger partial charge in [0.15, 0.2) is 11.6 Å². The summed E-state index contributed by atoms with van der Waals surface area (Å²) in [6, 6.07) is 2.72. The van der Waals surface area contributed by atoms with Gasteiger partial charge in [-0.2, -0.15) is 0 Å². The highest BCUT2D eigenvalue weighted by molar-refractivity contribution is 5.78. The molecular formula is C17H22F2N2O2. The first-order chi connectivity index (χ1) is 11.1. The first-order valence-electron chi connectivity index (χ1n) is 8.13. The van der Waals surface area contributed by atoms with Crippen molar-refractivity contribution in [3.8, 4) is 5.75 Å². The van der Waals surface area contributed by atoms with Crippen LogP contribution in [0.2, 0.25) is 0 Å². The summed E-state index contributed by atoms with van der Waals surface area (Å²) >= 11 is 0. The first kappa shape index (κ1) is 16.2. The maximum Gasteiger partial charge on any atom is 0.222 e. The molecule has 2 aliphatic heterocycles. The minimum atomic E-state index is -0.857. The summed E-state index contributed by atoms with van der Waals surface area (Å²) in [7, 11) is 1.46. The van der Waals surface area contributed by atoms with Crippen molar-refractivity contribution >= 4 is 5.91 Å². The second-order valence-electron chi connectivity index (χ2n) is 6.26. The molecule has 1 atom stereocenters. The smallest absolute Gasteiger partial charge is 0.222 e. The Balaban J connectivity index is 1.73. The van der Waals surface area contributed by atoms with Gasteiger partial charge in [0.05, 0.1) is 7.11 Å². The molecule has 1 aromatic rings. The zero-order chi connectivity index (χ0) is 16.4. The molecule has 4 nitrogen and oxygen atoms in total. The molecule has 1 unspecified atom stereocenters. The van der Waals surface area contributed by atoms with E-state index in [0.29, 0.717) is 25.3 Å². The molecule has 1 amide bonds. The van der Waals surface area contributed by atoms with Crippen molar-refractivity contribution in [1.82, 2.24) is 9.80 Å². The molecule has 6 heteroatoms. The summed E-state index contributed by atoms with van der Waals surface area (Å²) in [6.07, 6.45) is 3.48. The van der Waals surface area contributed by atoms with Crippen molar-refractivity contribution in [1.29, 1.82) is 0 Å². The van der Waals surface area contributed by atoms with E-state index in [0.717, 1.165) is 38.4 Å². The maximum absolute atomic E-state index is 14.1. The summed E-state index contributed by atoms with van der Waals surface area (Å²) in [5.41, 5.74) is 0.251. The van der Waals surface area contributed by atoms with E-state index in [1.165, 1.54) is 13.2 Å². The van der Waals surface area contributed by atoms with Gasteiger partial charge in [-0.1, -0.05) is 0 Å². The molecule has 1 aromatic carbocycles. The Bertz CT molecular complexity index is 594. The second-order valence-corrected chi connectivity index (χ2v) is 6.26. The van der Waals surface area contributed by atoms with Crippen LogP contribution in [0.1, 0.15) is 31.2 Å². The largest absolute Gasteiger partial charge is 0.496 e. The predicted octanol–water partition coefficient (Wildman–Crippen LogP) is 2.56. The predicted molar refractivity (Wildman–Crippen MR) is 82.2 cm³/mol.